The van der Waals surface area contributed by atoms with Gasteiger partial charge in [-0.3, -0.25) is 5.32 Å². The molecule has 1 saturated heterocycles. The van der Waals surface area contributed by atoms with Crippen LogP contribution in [0.4, 0.5) is 9.59 Å². The van der Waals surface area contributed by atoms with E-state index >= 15 is 0 Å². The zero-order chi connectivity index (χ0) is 10.6. The van der Waals surface area contributed by atoms with Gasteiger partial charge in [0.2, 0.25) is 0 Å². The minimum Gasteiger partial charge on any atom is -0.303 e. The minimum absolute atomic E-state index is 0.280. The number of imide groups is 1. The van der Waals surface area contributed by atoms with E-state index in [9.17, 15) is 9.59 Å². The number of urea groups is 2. The van der Waals surface area contributed by atoms with Crippen LogP contribution >= 0.6 is 0 Å². The smallest absolute Gasteiger partial charge is 0.303 e. The Kier molecular flexibility index (Phi) is 3.28. The van der Waals surface area contributed by atoms with Crippen molar-refractivity contribution in [3.63, 3.8) is 0 Å². The number of carbonyl (C=O) groups is 2. The highest BCUT2D eigenvalue weighted by Crippen LogP contribution is 2.03. The molecule has 14 heavy (non-hydrogen) atoms. The van der Waals surface area contributed by atoms with Crippen molar-refractivity contribution < 1.29 is 9.59 Å². The number of rotatable bonds is 4. The first kappa shape index (κ1) is 10.3. The summed E-state index contributed by atoms with van der Waals surface area (Å²) in [6.45, 7) is 8.20. The Morgan fingerprint density at radius 2 is 1.57 bits per heavy atom. The second-order valence-electron chi connectivity index (χ2n) is 2.90. The van der Waals surface area contributed by atoms with Crippen molar-refractivity contribution in [1.82, 2.24) is 15.1 Å². The quantitative estimate of drug-likeness (QED) is 0.673. The van der Waals surface area contributed by atoms with Gasteiger partial charge >= 0.3 is 12.1 Å². The number of nitrogens with zero attached hydrogens (tertiary/aromatic N) is 2. The molecule has 1 fully saturated rings. The highest BCUT2D eigenvalue weighted by atomic mass is 16.2. The van der Waals surface area contributed by atoms with E-state index < -0.39 is 0 Å². The molecule has 0 spiro atoms. The number of hydrogen-bond acceptors (Lipinski definition) is 2. The van der Waals surface area contributed by atoms with Crippen LogP contribution in [-0.2, 0) is 0 Å². The molecule has 0 aliphatic carbocycles. The number of nitrogens with one attached hydrogen (secondary N) is 1. The monoisotopic (exact) mass is 195 g/mol. The van der Waals surface area contributed by atoms with Crippen LogP contribution in [0.5, 0.6) is 0 Å². The van der Waals surface area contributed by atoms with Crippen LogP contribution in [0.15, 0.2) is 25.3 Å². The fourth-order valence-corrected chi connectivity index (χ4v) is 1.18. The van der Waals surface area contributed by atoms with E-state index in [1.807, 2.05) is 0 Å². The van der Waals surface area contributed by atoms with Gasteiger partial charge in [0.25, 0.3) is 0 Å². The summed E-state index contributed by atoms with van der Waals surface area (Å²) in [5.41, 5.74) is 0. The normalized spacial score (nSPS) is 16.6. The number of carbonyl (C=O) groups excluding carboxylic acids is 2. The SMILES string of the molecule is C=CCN1CN(CC=C)C(=O)NC1=O. The van der Waals surface area contributed by atoms with Crippen LogP contribution in [0, 0.1) is 0 Å². The summed E-state index contributed by atoms with van der Waals surface area (Å²) in [6.07, 6.45) is 3.23. The molecule has 1 heterocycles. The lowest BCUT2D eigenvalue weighted by atomic mass is 10.4. The van der Waals surface area contributed by atoms with Gasteiger partial charge in [0.15, 0.2) is 0 Å². The van der Waals surface area contributed by atoms with Gasteiger partial charge in [0.05, 0.1) is 6.67 Å². The molecule has 0 aromatic heterocycles. The molecule has 0 atom stereocenters. The summed E-state index contributed by atoms with van der Waals surface area (Å²) >= 11 is 0. The molecule has 76 valence electrons. The Bertz CT molecular complexity index is 249. The molecule has 5 nitrogen and oxygen atoms in total. The lowest BCUT2D eigenvalue weighted by Gasteiger charge is -2.34. The molecule has 1 aliphatic rings. The molecule has 0 saturated carbocycles. The molecule has 5 heteroatoms. The Balaban J connectivity index is 2.64. The lowest BCUT2D eigenvalue weighted by molar-refractivity contribution is 0.133. The topological polar surface area (TPSA) is 52.6 Å². The van der Waals surface area contributed by atoms with Crippen LogP contribution < -0.4 is 5.32 Å². The van der Waals surface area contributed by atoms with E-state index in [1.165, 1.54) is 9.80 Å². The first-order valence-electron chi connectivity index (χ1n) is 4.25. The van der Waals surface area contributed by atoms with Gasteiger partial charge in [0, 0.05) is 13.1 Å². The lowest BCUT2D eigenvalue weighted by Crippen LogP contribution is -2.59. The van der Waals surface area contributed by atoms with Gasteiger partial charge in [-0.25, -0.2) is 9.59 Å². The molecule has 1 rings (SSSR count). The number of amides is 4. The van der Waals surface area contributed by atoms with Gasteiger partial charge in [0.1, 0.15) is 0 Å². The summed E-state index contributed by atoms with van der Waals surface area (Å²) in [6, 6.07) is -0.759. The van der Waals surface area contributed by atoms with Crippen molar-refractivity contribution >= 4 is 12.1 Å². The summed E-state index contributed by atoms with van der Waals surface area (Å²) in [5.74, 6) is 0. The van der Waals surface area contributed by atoms with Gasteiger partial charge in [-0.1, -0.05) is 12.2 Å². The number of hydrogen-bond donors (Lipinski definition) is 1. The van der Waals surface area contributed by atoms with Crippen LogP contribution in [0.3, 0.4) is 0 Å². The average Bonchev–Trinajstić information content (AvgIpc) is 2.14. The summed E-state index contributed by atoms with van der Waals surface area (Å²) in [7, 11) is 0. The molecule has 0 bridgehead atoms. The molecular formula is C9H13N3O2. The zero-order valence-electron chi connectivity index (χ0n) is 7.90. The molecule has 1 aliphatic heterocycles. The second-order valence-corrected chi connectivity index (χ2v) is 2.90. The van der Waals surface area contributed by atoms with E-state index in [-0.39, 0.29) is 18.7 Å². The van der Waals surface area contributed by atoms with E-state index in [4.69, 9.17) is 0 Å². The predicted octanol–water partition coefficient (Wildman–Crippen LogP) is 0.763. The summed E-state index contributed by atoms with van der Waals surface area (Å²) in [5, 5.41) is 2.23. The van der Waals surface area contributed by atoms with Crippen molar-refractivity contribution in [3.8, 4) is 0 Å². The summed E-state index contributed by atoms with van der Waals surface area (Å²) in [4.78, 5) is 25.4. The van der Waals surface area contributed by atoms with Crippen molar-refractivity contribution in [3.05, 3.63) is 25.3 Å². The van der Waals surface area contributed by atoms with Crippen LogP contribution in [0.1, 0.15) is 0 Å². The highest BCUT2D eigenvalue weighted by molar-refractivity contribution is 5.95. The third-order valence-corrected chi connectivity index (χ3v) is 1.83. The van der Waals surface area contributed by atoms with Crippen molar-refractivity contribution in [2.75, 3.05) is 19.8 Å². The maximum atomic E-state index is 11.2. The Labute approximate surface area is 82.7 Å². The van der Waals surface area contributed by atoms with Crippen LogP contribution in [0.2, 0.25) is 0 Å². The maximum absolute atomic E-state index is 11.2. The van der Waals surface area contributed by atoms with Crippen molar-refractivity contribution in [2.45, 2.75) is 0 Å². The maximum Gasteiger partial charge on any atom is 0.327 e. The molecule has 1 N–H and O–H groups in total. The zero-order valence-corrected chi connectivity index (χ0v) is 7.90. The van der Waals surface area contributed by atoms with E-state index in [0.717, 1.165) is 0 Å². The minimum atomic E-state index is -0.379. The van der Waals surface area contributed by atoms with E-state index in [0.29, 0.717) is 13.1 Å². The predicted molar refractivity (Wildman–Crippen MR) is 52.6 cm³/mol. The van der Waals surface area contributed by atoms with E-state index in [1.54, 1.807) is 12.2 Å². The first-order valence-corrected chi connectivity index (χ1v) is 4.25. The first-order chi connectivity index (χ1) is 6.69. The highest BCUT2D eigenvalue weighted by Gasteiger charge is 2.27. The van der Waals surface area contributed by atoms with Gasteiger partial charge in [-0.15, -0.1) is 13.2 Å². The second kappa shape index (κ2) is 4.45. The Hall–Kier alpha value is -1.78. The third-order valence-electron chi connectivity index (χ3n) is 1.83. The van der Waals surface area contributed by atoms with Gasteiger partial charge in [-0.2, -0.15) is 0 Å². The standard InChI is InChI=1S/C9H13N3O2/c1-3-5-11-7-12(6-4-2)9(14)10-8(11)13/h3-4H,1-2,5-7H2,(H,10,13,14). The van der Waals surface area contributed by atoms with E-state index in [2.05, 4.69) is 18.5 Å². The fraction of sp³-hybridized carbons (Fsp3) is 0.333. The van der Waals surface area contributed by atoms with Crippen LogP contribution in [-0.4, -0.2) is 41.6 Å². The summed E-state index contributed by atoms with van der Waals surface area (Å²) < 4.78 is 0. The average molecular weight is 195 g/mol. The third kappa shape index (κ3) is 2.12. The van der Waals surface area contributed by atoms with Gasteiger partial charge in [-0.05, 0) is 0 Å². The molecule has 0 aromatic carbocycles. The molecule has 4 amide bonds. The Morgan fingerprint density at radius 3 is 1.93 bits per heavy atom. The molecule has 0 radical (unpaired) electrons. The Morgan fingerprint density at radius 1 is 1.14 bits per heavy atom. The van der Waals surface area contributed by atoms with Gasteiger partial charge < -0.3 is 9.80 Å². The molecule has 0 unspecified atom stereocenters. The van der Waals surface area contributed by atoms with Crippen LogP contribution in [0.25, 0.3) is 0 Å². The van der Waals surface area contributed by atoms with Crippen molar-refractivity contribution in [1.29, 1.82) is 0 Å². The van der Waals surface area contributed by atoms with Crippen molar-refractivity contribution in [2.24, 2.45) is 0 Å². The molecule has 0 aromatic rings. The fourth-order valence-electron chi connectivity index (χ4n) is 1.18. The molecular weight excluding hydrogens is 182 g/mol. The largest absolute Gasteiger partial charge is 0.327 e.